The van der Waals surface area contributed by atoms with Gasteiger partial charge in [0.25, 0.3) is 0 Å². The summed E-state index contributed by atoms with van der Waals surface area (Å²) in [6, 6.07) is 30.6. The van der Waals surface area contributed by atoms with E-state index in [4.69, 9.17) is 0 Å². The van der Waals surface area contributed by atoms with Crippen molar-refractivity contribution >= 4 is 24.0 Å². The fourth-order valence-corrected chi connectivity index (χ4v) is 4.64. The number of hydrogen-bond acceptors (Lipinski definition) is 0. The lowest BCUT2D eigenvalue weighted by molar-refractivity contribution is 0.867. The number of hydrogen-bond donors (Lipinski definition) is 0. The molecule has 0 heterocycles. The largest absolute Gasteiger partial charge is 0.170 e. The molecule has 0 unspecified atom stereocenters. The maximum absolute atomic E-state index is 2.42. The first-order chi connectivity index (χ1) is 11.2. The molecule has 3 aromatic carbocycles. The topological polar surface area (TPSA) is 0 Å². The highest BCUT2D eigenvalue weighted by Gasteiger charge is 2.17. The van der Waals surface area contributed by atoms with Gasteiger partial charge in [0, 0.05) is 5.56 Å². The lowest BCUT2D eigenvalue weighted by Gasteiger charge is -2.04. The van der Waals surface area contributed by atoms with Gasteiger partial charge in [-0.25, -0.2) is 0 Å². The minimum Gasteiger partial charge on any atom is -0.0619 e. The zero-order valence-electron chi connectivity index (χ0n) is 13.7. The van der Waals surface area contributed by atoms with Crippen molar-refractivity contribution in [3.05, 3.63) is 96.1 Å². The van der Waals surface area contributed by atoms with Crippen molar-refractivity contribution in [2.45, 2.75) is 19.8 Å². The van der Waals surface area contributed by atoms with E-state index in [9.17, 15) is 0 Å². The fourth-order valence-electron chi connectivity index (χ4n) is 2.59. The summed E-state index contributed by atoms with van der Waals surface area (Å²) in [5.74, 6) is 3.00. The quantitative estimate of drug-likeness (QED) is 0.588. The molecule has 0 amide bonds. The fraction of sp³-hybridized carbons (Fsp3) is 0.136. The Bertz CT molecular complexity index is 728. The minimum absolute atomic E-state index is 0.477. The molecule has 0 N–H and O–H groups in total. The van der Waals surface area contributed by atoms with Gasteiger partial charge < -0.3 is 0 Å². The molecule has 0 nitrogen and oxygen atoms in total. The van der Waals surface area contributed by atoms with Gasteiger partial charge in [-0.2, -0.15) is 0 Å². The summed E-state index contributed by atoms with van der Waals surface area (Å²) in [6.45, 7) is 4.47. The second kappa shape index (κ2) is 7.40. The monoisotopic (exact) mass is 317 g/mol. The molecule has 0 aromatic heterocycles. The van der Waals surface area contributed by atoms with Crippen LogP contribution in [-0.4, -0.2) is 5.80 Å². The molecule has 0 aliphatic heterocycles. The molecule has 0 saturated heterocycles. The van der Waals surface area contributed by atoms with Crippen LogP contribution in [0.2, 0.25) is 0 Å². The van der Waals surface area contributed by atoms with E-state index in [0.29, 0.717) is 5.92 Å². The van der Waals surface area contributed by atoms with Crippen LogP contribution < -0.4 is 10.6 Å². The predicted molar refractivity (Wildman–Crippen MR) is 105 cm³/mol. The summed E-state index contributed by atoms with van der Waals surface area (Å²) < 4.78 is 0. The molecule has 23 heavy (non-hydrogen) atoms. The van der Waals surface area contributed by atoms with Crippen molar-refractivity contribution in [2.75, 3.05) is 0 Å². The van der Waals surface area contributed by atoms with Crippen LogP contribution in [-0.2, 0) is 0 Å². The Labute approximate surface area is 140 Å². The van der Waals surface area contributed by atoms with Crippen molar-refractivity contribution < 1.29 is 0 Å². The van der Waals surface area contributed by atoms with E-state index in [-0.39, 0.29) is 0 Å². The van der Waals surface area contributed by atoms with Gasteiger partial charge in [-0.1, -0.05) is 74.5 Å². The molecule has 1 heteroatoms. The Morgan fingerprint density at radius 2 is 1.13 bits per heavy atom. The molecule has 0 radical (unpaired) electrons. The first-order valence-electron chi connectivity index (χ1n) is 8.08. The molecule has 0 saturated carbocycles. The van der Waals surface area contributed by atoms with Crippen LogP contribution in [0, 0.1) is 0 Å². The molecule has 114 valence electrons. The van der Waals surface area contributed by atoms with Crippen molar-refractivity contribution in [1.29, 1.82) is 0 Å². The molecular weight excluding hydrogens is 295 g/mol. The lowest BCUT2D eigenvalue weighted by Crippen LogP contribution is -2.08. The molecule has 0 atom stereocenters. The van der Waals surface area contributed by atoms with Gasteiger partial charge in [0.1, 0.15) is 5.80 Å². The van der Waals surface area contributed by atoms with E-state index < -0.39 is 7.55 Å². The first-order valence-corrected chi connectivity index (χ1v) is 9.49. The minimum atomic E-state index is -0.477. The lowest BCUT2D eigenvalue weighted by atomic mass is 10.0. The highest BCUT2D eigenvalue weighted by Crippen LogP contribution is 2.23. The van der Waals surface area contributed by atoms with E-state index in [1.165, 1.54) is 21.7 Å². The molecule has 0 spiro atoms. The Kier molecular flexibility index (Phi) is 5.05. The normalized spacial score (nSPS) is 10.6. The average molecular weight is 317 g/mol. The third kappa shape index (κ3) is 3.97. The smallest absolute Gasteiger partial charge is 0.0619 e. The summed E-state index contributed by atoms with van der Waals surface area (Å²) in [6.07, 6.45) is 0. The van der Waals surface area contributed by atoms with Gasteiger partial charge in [-0.05, 0) is 35.7 Å². The molecule has 0 bridgehead atoms. The Hall–Kier alpha value is -2.17. The Balaban J connectivity index is 2.05. The van der Waals surface area contributed by atoms with Gasteiger partial charge in [-0.3, -0.25) is 0 Å². The van der Waals surface area contributed by atoms with E-state index in [0.717, 1.165) is 0 Å². The molecular formula is C22H22P+. The van der Waals surface area contributed by atoms with Crippen LogP contribution in [0.3, 0.4) is 0 Å². The second-order valence-electron chi connectivity index (χ2n) is 5.99. The summed E-state index contributed by atoms with van der Waals surface area (Å²) >= 11 is 0. The highest BCUT2D eigenvalue weighted by molar-refractivity contribution is 7.72. The van der Waals surface area contributed by atoms with Crippen LogP contribution in [0.4, 0.5) is 0 Å². The number of rotatable bonds is 4. The molecule has 0 fully saturated rings. The van der Waals surface area contributed by atoms with E-state index in [2.05, 4.69) is 105 Å². The Morgan fingerprint density at radius 3 is 1.57 bits per heavy atom. The van der Waals surface area contributed by atoms with Gasteiger partial charge in [0.2, 0.25) is 0 Å². The maximum atomic E-state index is 2.42. The van der Waals surface area contributed by atoms with Crippen LogP contribution >= 0.6 is 7.55 Å². The second-order valence-corrected chi connectivity index (χ2v) is 8.02. The van der Waals surface area contributed by atoms with Crippen LogP contribution in [0.15, 0.2) is 84.9 Å². The van der Waals surface area contributed by atoms with E-state index in [1.807, 2.05) is 0 Å². The van der Waals surface area contributed by atoms with Crippen molar-refractivity contribution in [2.24, 2.45) is 0 Å². The van der Waals surface area contributed by atoms with Gasteiger partial charge in [-0.15, -0.1) is 0 Å². The Morgan fingerprint density at radius 1 is 0.652 bits per heavy atom. The third-order valence-electron chi connectivity index (χ3n) is 3.95. The summed E-state index contributed by atoms with van der Waals surface area (Å²) in [5, 5.41) is 2.78. The summed E-state index contributed by atoms with van der Waals surface area (Å²) in [7, 11) is -0.477. The van der Waals surface area contributed by atoms with Gasteiger partial charge in [0.05, 0.1) is 0 Å². The van der Waals surface area contributed by atoms with Gasteiger partial charge in [0.15, 0.2) is 18.2 Å². The van der Waals surface area contributed by atoms with Gasteiger partial charge >= 0.3 is 0 Å². The maximum Gasteiger partial charge on any atom is 0.170 e. The zero-order chi connectivity index (χ0) is 16.1. The van der Waals surface area contributed by atoms with Crippen LogP contribution in [0.5, 0.6) is 0 Å². The highest BCUT2D eigenvalue weighted by atomic mass is 31.1. The molecule has 0 aliphatic rings. The van der Waals surface area contributed by atoms with E-state index >= 15 is 0 Å². The van der Waals surface area contributed by atoms with Crippen molar-refractivity contribution in [3.63, 3.8) is 0 Å². The standard InChI is InChI=1S/C22H22P/c1-18(2)20-15-13-19(14-16-20)17-23(21-9-5-3-6-10-21)22-11-7-4-8-12-22/h3-18H,1-2H3/q+1. The predicted octanol–water partition coefficient (Wildman–Crippen LogP) is 5.09. The third-order valence-corrected chi connectivity index (χ3v) is 6.22. The zero-order valence-corrected chi connectivity index (χ0v) is 14.6. The van der Waals surface area contributed by atoms with Crippen LogP contribution in [0.1, 0.15) is 30.9 Å². The number of benzene rings is 3. The van der Waals surface area contributed by atoms with Crippen molar-refractivity contribution in [3.8, 4) is 0 Å². The molecule has 3 rings (SSSR count). The van der Waals surface area contributed by atoms with Crippen LogP contribution in [0.25, 0.3) is 0 Å². The summed E-state index contributed by atoms with van der Waals surface area (Å²) in [5.41, 5.74) is 2.69. The summed E-state index contributed by atoms with van der Waals surface area (Å²) in [4.78, 5) is 0. The first kappa shape index (κ1) is 15.7. The van der Waals surface area contributed by atoms with Crippen molar-refractivity contribution in [1.82, 2.24) is 0 Å². The molecule has 0 aliphatic carbocycles. The van der Waals surface area contributed by atoms with E-state index in [1.54, 1.807) is 0 Å². The molecule has 3 aromatic rings. The average Bonchev–Trinajstić information content (AvgIpc) is 2.61. The SMILES string of the molecule is CC(C)c1ccc(C=[P+](c2ccccc2)c2ccccc2)cc1.